The van der Waals surface area contributed by atoms with Crippen molar-refractivity contribution < 1.29 is 14.1 Å². The Balaban J connectivity index is 1.69. The SMILES string of the molecule is CCc1cc(C(=O)N2CCOC[C@@H]2CCc2nccnc2C)on1. The first-order chi connectivity index (χ1) is 11.7. The minimum absolute atomic E-state index is 0.00262. The highest BCUT2D eigenvalue weighted by Gasteiger charge is 2.30. The Labute approximate surface area is 141 Å². The average molecular weight is 330 g/mol. The first-order valence-electron chi connectivity index (χ1n) is 8.29. The number of carbonyl (C=O) groups excluding carboxylic acids is 1. The summed E-state index contributed by atoms with van der Waals surface area (Å²) in [7, 11) is 0. The van der Waals surface area contributed by atoms with Gasteiger partial charge < -0.3 is 14.2 Å². The van der Waals surface area contributed by atoms with Crippen molar-refractivity contribution in [1.82, 2.24) is 20.0 Å². The Morgan fingerprint density at radius 2 is 2.21 bits per heavy atom. The zero-order chi connectivity index (χ0) is 16.9. The largest absolute Gasteiger partial charge is 0.377 e. The molecule has 1 aliphatic heterocycles. The van der Waals surface area contributed by atoms with E-state index in [1.54, 1.807) is 18.5 Å². The van der Waals surface area contributed by atoms with E-state index in [-0.39, 0.29) is 11.9 Å². The van der Waals surface area contributed by atoms with E-state index in [4.69, 9.17) is 9.26 Å². The summed E-state index contributed by atoms with van der Waals surface area (Å²) in [5.74, 6) is 0.181. The fourth-order valence-electron chi connectivity index (χ4n) is 2.87. The van der Waals surface area contributed by atoms with Gasteiger partial charge >= 0.3 is 0 Å². The van der Waals surface area contributed by atoms with E-state index < -0.39 is 0 Å². The lowest BCUT2D eigenvalue weighted by molar-refractivity contribution is -0.00604. The summed E-state index contributed by atoms with van der Waals surface area (Å²) in [6.07, 6.45) is 5.67. The van der Waals surface area contributed by atoms with Gasteiger partial charge in [-0.3, -0.25) is 14.8 Å². The third-order valence-electron chi connectivity index (χ3n) is 4.32. The molecule has 7 heteroatoms. The topological polar surface area (TPSA) is 81.4 Å². The summed E-state index contributed by atoms with van der Waals surface area (Å²) >= 11 is 0. The number of aromatic nitrogens is 3. The predicted octanol–water partition coefficient (Wildman–Crippen LogP) is 1.81. The van der Waals surface area contributed by atoms with Crippen LogP contribution in [-0.2, 0) is 17.6 Å². The van der Waals surface area contributed by atoms with Crippen LogP contribution in [0.2, 0.25) is 0 Å². The van der Waals surface area contributed by atoms with Gasteiger partial charge in [0.15, 0.2) is 0 Å². The standard InChI is InChI=1S/C17H22N4O3/c1-3-13-10-16(24-20-13)17(22)21-8-9-23-11-14(21)4-5-15-12(2)18-6-7-19-15/h6-7,10,14H,3-5,8-9,11H2,1-2H3/t14-/m0/s1. The van der Waals surface area contributed by atoms with Gasteiger partial charge in [-0.05, 0) is 26.2 Å². The smallest absolute Gasteiger partial charge is 0.292 e. The van der Waals surface area contributed by atoms with Crippen LogP contribution in [0.4, 0.5) is 0 Å². The summed E-state index contributed by atoms with van der Waals surface area (Å²) in [4.78, 5) is 23.2. The fourth-order valence-corrected chi connectivity index (χ4v) is 2.87. The molecule has 1 fully saturated rings. The molecule has 0 aliphatic carbocycles. The third kappa shape index (κ3) is 3.62. The third-order valence-corrected chi connectivity index (χ3v) is 4.32. The molecule has 0 bridgehead atoms. The molecule has 3 rings (SSSR count). The highest BCUT2D eigenvalue weighted by Crippen LogP contribution is 2.18. The highest BCUT2D eigenvalue weighted by atomic mass is 16.5. The molecule has 0 unspecified atom stereocenters. The van der Waals surface area contributed by atoms with E-state index in [1.807, 2.05) is 18.7 Å². The maximum absolute atomic E-state index is 12.7. The van der Waals surface area contributed by atoms with Crippen LogP contribution in [0.5, 0.6) is 0 Å². The van der Waals surface area contributed by atoms with Gasteiger partial charge in [0.2, 0.25) is 5.76 Å². The Morgan fingerprint density at radius 3 is 2.96 bits per heavy atom. The molecule has 0 N–H and O–H groups in total. The molecule has 0 spiro atoms. The Hall–Kier alpha value is -2.28. The van der Waals surface area contributed by atoms with Crippen LogP contribution in [0.25, 0.3) is 0 Å². The van der Waals surface area contributed by atoms with Gasteiger partial charge in [-0.1, -0.05) is 12.1 Å². The van der Waals surface area contributed by atoms with Gasteiger partial charge in [0.1, 0.15) is 0 Å². The first-order valence-corrected chi connectivity index (χ1v) is 8.29. The average Bonchev–Trinajstić information content (AvgIpc) is 3.10. The summed E-state index contributed by atoms with van der Waals surface area (Å²) in [6, 6.07) is 1.73. The minimum atomic E-state index is -0.119. The molecule has 1 amide bonds. The molecule has 0 saturated carbocycles. The Morgan fingerprint density at radius 1 is 1.38 bits per heavy atom. The van der Waals surface area contributed by atoms with Gasteiger partial charge in [-0.15, -0.1) is 0 Å². The molecule has 2 aromatic rings. The number of ether oxygens (including phenoxy) is 1. The molecule has 3 heterocycles. The number of morpholine rings is 1. The van der Waals surface area contributed by atoms with Crippen molar-refractivity contribution in [3.05, 3.63) is 41.3 Å². The van der Waals surface area contributed by atoms with Gasteiger partial charge in [0.25, 0.3) is 5.91 Å². The summed E-state index contributed by atoms with van der Waals surface area (Å²) in [6.45, 7) is 5.56. The van der Waals surface area contributed by atoms with Crippen molar-refractivity contribution >= 4 is 5.91 Å². The van der Waals surface area contributed by atoms with Crippen LogP contribution < -0.4 is 0 Å². The molecular formula is C17H22N4O3. The van der Waals surface area contributed by atoms with Crippen LogP contribution in [-0.4, -0.2) is 51.7 Å². The zero-order valence-electron chi connectivity index (χ0n) is 14.1. The molecule has 2 aromatic heterocycles. The van der Waals surface area contributed by atoms with Crippen LogP contribution >= 0.6 is 0 Å². The predicted molar refractivity (Wildman–Crippen MR) is 86.6 cm³/mol. The Bertz CT molecular complexity index is 701. The second-order valence-corrected chi connectivity index (χ2v) is 5.89. The number of hydrogen-bond acceptors (Lipinski definition) is 6. The van der Waals surface area contributed by atoms with Crippen molar-refractivity contribution in [3.63, 3.8) is 0 Å². The fraction of sp³-hybridized carbons (Fsp3) is 0.529. The maximum Gasteiger partial charge on any atom is 0.292 e. The molecule has 7 nitrogen and oxygen atoms in total. The van der Waals surface area contributed by atoms with Crippen molar-refractivity contribution in [2.24, 2.45) is 0 Å². The molecular weight excluding hydrogens is 308 g/mol. The lowest BCUT2D eigenvalue weighted by Gasteiger charge is -2.35. The second-order valence-electron chi connectivity index (χ2n) is 5.89. The van der Waals surface area contributed by atoms with Crippen molar-refractivity contribution in [1.29, 1.82) is 0 Å². The number of carbonyl (C=O) groups is 1. The summed E-state index contributed by atoms with van der Waals surface area (Å²) < 4.78 is 10.8. The van der Waals surface area contributed by atoms with Gasteiger partial charge in [-0.25, -0.2) is 0 Å². The monoisotopic (exact) mass is 330 g/mol. The summed E-state index contributed by atoms with van der Waals surface area (Å²) in [5, 5.41) is 3.91. The van der Waals surface area contributed by atoms with Gasteiger partial charge in [-0.2, -0.15) is 0 Å². The maximum atomic E-state index is 12.7. The highest BCUT2D eigenvalue weighted by molar-refractivity contribution is 5.91. The molecule has 1 saturated heterocycles. The van der Waals surface area contributed by atoms with Crippen molar-refractivity contribution in [2.45, 2.75) is 39.2 Å². The van der Waals surface area contributed by atoms with Gasteiger partial charge in [0.05, 0.1) is 36.3 Å². The molecule has 128 valence electrons. The number of hydrogen-bond donors (Lipinski definition) is 0. The van der Waals surface area contributed by atoms with E-state index in [9.17, 15) is 4.79 Å². The molecule has 1 atom stereocenters. The van der Waals surface area contributed by atoms with E-state index in [0.29, 0.717) is 25.5 Å². The molecule has 24 heavy (non-hydrogen) atoms. The van der Waals surface area contributed by atoms with Crippen molar-refractivity contribution in [3.8, 4) is 0 Å². The number of amides is 1. The van der Waals surface area contributed by atoms with Gasteiger partial charge in [0, 0.05) is 25.0 Å². The molecule has 1 aliphatic rings. The van der Waals surface area contributed by atoms with Crippen LogP contribution in [0.1, 0.15) is 41.0 Å². The normalized spacial score (nSPS) is 17.9. The lowest BCUT2D eigenvalue weighted by atomic mass is 10.1. The van der Waals surface area contributed by atoms with Crippen LogP contribution in [0.3, 0.4) is 0 Å². The van der Waals surface area contributed by atoms with Crippen LogP contribution in [0.15, 0.2) is 23.0 Å². The Kier molecular flexibility index (Phi) is 5.20. The number of nitrogens with zero attached hydrogens (tertiary/aromatic N) is 4. The molecule has 0 radical (unpaired) electrons. The van der Waals surface area contributed by atoms with E-state index in [1.165, 1.54) is 0 Å². The van der Waals surface area contributed by atoms with E-state index in [2.05, 4.69) is 15.1 Å². The quantitative estimate of drug-likeness (QED) is 0.831. The van der Waals surface area contributed by atoms with Crippen LogP contribution in [0, 0.1) is 6.92 Å². The van der Waals surface area contributed by atoms with E-state index >= 15 is 0 Å². The van der Waals surface area contributed by atoms with E-state index in [0.717, 1.165) is 36.3 Å². The first kappa shape index (κ1) is 16.6. The molecule has 0 aromatic carbocycles. The zero-order valence-corrected chi connectivity index (χ0v) is 14.1. The number of rotatable bonds is 5. The second kappa shape index (κ2) is 7.53. The lowest BCUT2D eigenvalue weighted by Crippen LogP contribution is -2.48. The van der Waals surface area contributed by atoms with Crippen molar-refractivity contribution in [2.75, 3.05) is 19.8 Å². The minimum Gasteiger partial charge on any atom is -0.377 e. The number of aryl methyl sites for hydroxylation is 3. The summed E-state index contributed by atoms with van der Waals surface area (Å²) in [5.41, 5.74) is 2.68.